The molecule has 0 fully saturated rings. The summed E-state index contributed by atoms with van der Waals surface area (Å²) in [5, 5.41) is 11.9. The molecule has 1 unspecified atom stereocenters. The Morgan fingerprint density at radius 1 is 1.21 bits per heavy atom. The number of carbonyl (C=O) groups excluding carboxylic acids is 1. The molecule has 1 aromatic heterocycles. The van der Waals surface area contributed by atoms with Crippen LogP contribution < -0.4 is 15.2 Å². The van der Waals surface area contributed by atoms with Gasteiger partial charge in [-0.15, -0.1) is 5.10 Å². The third-order valence-corrected chi connectivity index (χ3v) is 5.92. The molecule has 3 N–H and O–H groups in total. The molecule has 1 heterocycles. The third kappa shape index (κ3) is 6.24. The molecule has 0 aliphatic rings. The van der Waals surface area contributed by atoms with Crippen molar-refractivity contribution in [1.29, 1.82) is 0 Å². The number of sulfonamides is 1. The highest BCUT2D eigenvalue weighted by Gasteiger charge is 2.18. The van der Waals surface area contributed by atoms with Crippen molar-refractivity contribution in [2.24, 2.45) is 5.14 Å². The maximum absolute atomic E-state index is 13.5. The highest BCUT2D eigenvalue weighted by molar-refractivity contribution is 7.89. The Morgan fingerprint density at radius 3 is 2.61 bits per heavy atom. The first-order valence-corrected chi connectivity index (χ1v) is 11.3. The first-order chi connectivity index (χ1) is 15.6. The van der Waals surface area contributed by atoms with Gasteiger partial charge in [-0.05, 0) is 35.9 Å². The minimum Gasteiger partial charge on any atom is -0.472 e. The van der Waals surface area contributed by atoms with Gasteiger partial charge in [-0.1, -0.05) is 17.7 Å². The number of benzene rings is 2. The van der Waals surface area contributed by atoms with Crippen LogP contribution in [0.1, 0.15) is 23.6 Å². The van der Waals surface area contributed by atoms with E-state index in [9.17, 15) is 26.4 Å². The van der Waals surface area contributed by atoms with Gasteiger partial charge in [0.15, 0.2) is 0 Å². The van der Waals surface area contributed by atoms with Crippen LogP contribution in [0.5, 0.6) is 5.88 Å². The lowest BCUT2D eigenvalue weighted by molar-refractivity contribution is -0.108. The van der Waals surface area contributed by atoms with E-state index in [0.717, 1.165) is 18.3 Å². The number of alkyl halides is 2. The largest absolute Gasteiger partial charge is 0.472 e. The van der Waals surface area contributed by atoms with Crippen LogP contribution in [0.15, 0.2) is 53.6 Å². The van der Waals surface area contributed by atoms with E-state index in [1.807, 2.05) is 0 Å². The Balaban J connectivity index is 1.77. The molecule has 13 heteroatoms. The minimum atomic E-state index is -4.18. The van der Waals surface area contributed by atoms with Crippen molar-refractivity contribution in [3.8, 4) is 5.88 Å². The van der Waals surface area contributed by atoms with Crippen molar-refractivity contribution >= 4 is 33.6 Å². The highest BCUT2D eigenvalue weighted by atomic mass is 35.5. The third-order valence-electron chi connectivity index (χ3n) is 4.58. The van der Waals surface area contributed by atoms with E-state index in [4.69, 9.17) is 21.5 Å². The van der Waals surface area contributed by atoms with Gasteiger partial charge in [-0.25, -0.2) is 22.6 Å². The Bertz CT molecular complexity index is 1250. The number of aldehydes is 1. The number of hydrogen-bond donors (Lipinski definition) is 2. The number of nitrogens with two attached hydrogens (primary N) is 1. The number of nitrogens with one attached hydrogen (secondary N) is 1. The van der Waals surface area contributed by atoms with Gasteiger partial charge in [-0.3, -0.25) is 0 Å². The molecule has 0 bridgehead atoms. The van der Waals surface area contributed by atoms with E-state index in [0.29, 0.717) is 16.7 Å². The van der Waals surface area contributed by atoms with Gasteiger partial charge >= 0.3 is 6.55 Å². The number of aromatic nitrogens is 2. The van der Waals surface area contributed by atoms with Gasteiger partial charge in [0.25, 0.3) is 0 Å². The molecule has 8 nitrogen and oxygen atoms in total. The van der Waals surface area contributed by atoms with Gasteiger partial charge in [0.05, 0.1) is 10.8 Å². The lowest BCUT2D eigenvalue weighted by Crippen LogP contribution is -2.18. The number of halogens is 4. The molecule has 0 amide bonds. The Morgan fingerprint density at radius 2 is 1.97 bits per heavy atom. The van der Waals surface area contributed by atoms with E-state index < -0.39 is 28.3 Å². The second-order valence-corrected chi connectivity index (χ2v) is 8.79. The molecule has 1 atom stereocenters. The van der Waals surface area contributed by atoms with Crippen LogP contribution in [0.4, 0.5) is 18.9 Å². The second-order valence-electron chi connectivity index (χ2n) is 6.86. The maximum atomic E-state index is 13.5. The summed E-state index contributed by atoms with van der Waals surface area (Å²) in [5.74, 6) is -1.49. The van der Waals surface area contributed by atoms with Crippen molar-refractivity contribution in [1.82, 2.24) is 9.78 Å². The van der Waals surface area contributed by atoms with Crippen molar-refractivity contribution in [3.63, 3.8) is 0 Å². The summed E-state index contributed by atoms with van der Waals surface area (Å²) in [5.41, 5.74) is 0.748. The Hall–Kier alpha value is -3.09. The summed E-state index contributed by atoms with van der Waals surface area (Å²) < 4.78 is 68.6. The first kappa shape index (κ1) is 24.6. The molecular formula is C20H18ClF3N4O4S. The molecule has 176 valence electrons. The maximum Gasteiger partial charge on any atom is 0.333 e. The number of hydrogen-bond acceptors (Lipinski definition) is 6. The zero-order valence-electron chi connectivity index (χ0n) is 16.8. The number of ether oxygens (including phenoxy) is 1. The topological polar surface area (TPSA) is 116 Å². The number of anilines is 1. The molecule has 3 aromatic rings. The molecule has 0 aliphatic heterocycles. The molecule has 33 heavy (non-hydrogen) atoms. The average Bonchev–Trinajstić information content (AvgIpc) is 3.24. The molecule has 0 saturated heterocycles. The predicted octanol–water partition coefficient (Wildman–Crippen LogP) is 3.69. The molecule has 0 radical (unpaired) electrons. The quantitative estimate of drug-likeness (QED) is 0.408. The summed E-state index contributed by atoms with van der Waals surface area (Å²) >= 11 is 6.05. The van der Waals surface area contributed by atoms with Gasteiger partial charge in [0, 0.05) is 35.1 Å². The molecule has 0 spiro atoms. The fraction of sp³-hybridized carbons (Fsp3) is 0.200. The first-order valence-electron chi connectivity index (χ1n) is 9.34. The zero-order valence-corrected chi connectivity index (χ0v) is 18.4. The summed E-state index contributed by atoms with van der Waals surface area (Å²) in [7, 11) is -4.18. The number of nitrogens with zero attached hydrogens (tertiary/aromatic N) is 2. The highest BCUT2D eigenvalue weighted by Crippen LogP contribution is 2.26. The van der Waals surface area contributed by atoms with Crippen molar-refractivity contribution in [2.45, 2.75) is 24.0 Å². The normalized spacial score (nSPS) is 12.5. The molecule has 0 aliphatic carbocycles. The summed E-state index contributed by atoms with van der Waals surface area (Å²) in [4.78, 5) is 11.3. The van der Waals surface area contributed by atoms with E-state index >= 15 is 0 Å². The smallest absolute Gasteiger partial charge is 0.333 e. The lowest BCUT2D eigenvalue weighted by atomic mass is 10.00. The van der Waals surface area contributed by atoms with Gasteiger partial charge in [0.1, 0.15) is 18.7 Å². The van der Waals surface area contributed by atoms with Crippen molar-refractivity contribution < 1.29 is 31.1 Å². The average molecular weight is 503 g/mol. The van der Waals surface area contributed by atoms with Gasteiger partial charge in [-0.2, -0.15) is 8.78 Å². The molecule has 3 rings (SSSR count). The van der Waals surface area contributed by atoms with E-state index in [-0.39, 0.29) is 40.1 Å². The zero-order chi connectivity index (χ0) is 24.2. The Labute approximate surface area is 192 Å². The van der Waals surface area contributed by atoms with Crippen molar-refractivity contribution in [2.75, 3.05) is 11.9 Å². The number of primary sulfonamides is 1. The fourth-order valence-electron chi connectivity index (χ4n) is 2.96. The summed E-state index contributed by atoms with van der Waals surface area (Å²) in [6.45, 7) is -3.15. The van der Waals surface area contributed by atoms with Crippen LogP contribution in [-0.2, 0) is 21.4 Å². The Kier molecular flexibility index (Phi) is 7.61. The lowest BCUT2D eigenvalue weighted by Gasteiger charge is -2.16. The second kappa shape index (κ2) is 10.2. The van der Waals surface area contributed by atoms with E-state index in [1.165, 1.54) is 30.3 Å². The summed E-state index contributed by atoms with van der Waals surface area (Å²) in [6, 6.07) is 9.02. The SMILES string of the molecule is NS(=O)(=O)c1cc(NCC(C=O)c2cc(F)ccc2Cl)ccc1COc1ccn(C(F)F)n1. The monoisotopic (exact) mass is 502 g/mol. The van der Waals surface area contributed by atoms with E-state index in [1.54, 1.807) is 0 Å². The summed E-state index contributed by atoms with van der Waals surface area (Å²) in [6.07, 6.45) is 1.61. The van der Waals surface area contributed by atoms with E-state index in [2.05, 4.69) is 10.4 Å². The number of carbonyl (C=O) groups is 1. The molecule has 2 aromatic carbocycles. The van der Waals surface area contributed by atoms with Crippen LogP contribution >= 0.6 is 11.6 Å². The molecule has 0 saturated carbocycles. The van der Waals surface area contributed by atoms with Crippen LogP contribution in [0, 0.1) is 5.82 Å². The van der Waals surface area contributed by atoms with Crippen LogP contribution in [0.25, 0.3) is 0 Å². The van der Waals surface area contributed by atoms with Crippen LogP contribution in [-0.4, -0.2) is 31.0 Å². The fourth-order valence-corrected chi connectivity index (χ4v) is 4.01. The molecular weight excluding hydrogens is 485 g/mol. The number of rotatable bonds is 10. The van der Waals surface area contributed by atoms with Crippen LogP contribution in [0.2, 0.25) is 5.02 Å². The van der Waals surface area contributed by atoms with Crippen LogP contribution in [0.3, 0.4) is 0 Å². The van der Waals surface area contributed by atoms with Gasteiger partial charge < -0.3 is 14.8 Å². The minimum absolute atomic E-state index is 0.00234. The van der Waals surface area contributed by atoms with Crippen molar-refractivity contribution in [3.05, 3.63) is 70.6 Å². The van der Waals surface area contributed by atoms with Gasteiger partial charge in [0.2, 0.25) is 15.9 Å². The predicted molar refractivity (Wildman–Crippen MR) is 114 cm³/mol. The standard InChI is InChI=1S/C20H18ClF3N4O4S/c21-17-4-2-14(22)7-16(17)13(10-29)9-26-15-3-1-12(18(8-15)33(25,30)31)11-32-19-5-6-28(27-19)20(23)24/h1-8,10,13,20,26H,9,11H2,(H2,25,30,31).